The van der Waals surface area contributed by atoms with E-state index in [1.807, 2.05) is 13.1 Å². The maximum Gasteiger partial charge on any atom is 0.255 e. The fourth-order valence-electron chi connectivity index (χ4n) is 3.19. The molecule has 1 saturated heterocycles. The molecule has 2 atom stereocenters. The summed E-state index contributed by atoms with van der Waals surface area (Å²) in [6, 6.07) is 6.84. The number of rotatable bonds is 5. The molecular formula is C19H21N3O5. The highest BCUT2D eigenvalue weighted by Crippen LogP contribution is 2.29. The van der Waals surface area contributed by atoms with E-state index in [2.05, 4.69) is 10.4 Å². The Kier molecular flexibility index (Phi) is 4.59. The zero-order valence-corrected chi connectivity index (χ0v) is 15.1. The number of furan rings is 1. The molecule has 4 rings (SSSR count). The zero-order chi connectivity index (χ0) is 19.0. The minimum atomic E-state index is -0.704. The SMILES string of the molecule is Cc1oc2ccc(OCc3ccnn3C)cc2c1C(=O)NC1COC[C@@H]1O. The molecule has 8 heteroatoms. The third-order valence-electron chi connectivity index (χ3n) is 4.74. The lowest BCUT2D eigenvalue weighted by Gasteiger charge is -2.14. The van der Waals surface area contributed by atoms with Crippen molar-refractivity contribution in [3.05, 3.63) is 47.5 Å². The number of carbonyl (C=O) groups excluding carboxylic acids is 1. The van der Waals surface area contributed by atoms with Gasteiger partial charge in [-0.05, 0) is 31.2 Å². The van der Waals surface area contributed by atoms with E-state index in [0.717, 1.165) is 5.69 Å². The van der Waals surface area contributed by atoms with Crippen molar-refractivity contribution in [3.8, 4) is 5.75 Å². The van der Waals surface area contributed by atoms with Gasteiger partial charge in [0.2, 0.25) is 0 Å². The number of benzene rings is 1. The average molecular weight is 371 g/mol. The van der Waals surface area contributed by atoms with Crippen molar-refractivity contribution < 1.29 is 23.8 Å². The Morgan fingerprint density at radius 2 is 2.26 bits per heavy atom. The first kappa shape index (κ1) is 17.6. The van der Waals surface area contributed by atoms with Gasteiger partial charge in [0.15, 0.2) is 0 Å². The van der Waals surface area contributed by atoms with E-state index in [1.54, 1.807) is 36.0 Å². The van der Waals surface area contributed by atoms with Crippen molar-refractivity contribution in [3.63, 3.8) is 0 Å². The number of hydrogen-bond donors (Lipinski definition) is 2. The second kappa shape index (κ2) is 7.05. The first-order chi connectivity index (χ1) is 13.0. The van der Waals surface area contributed by atoms with E-state index < -0.39 is 12.1 Å². The normalized spacial score (nSPS) is 19.5. The summed E-state index contributed by atoms with van der Waals surface area (Å²) in [4.78, 5) is 12.8. The number of carbonyl (C=O) groups is 1. The van der Waals surface area contributed by atoms with E-state index >= 15 is 0 Å². The summed E-state index contributed by atoms with van der Waals surface area (Å²) in [6.07, 6.45) is 1.01. The highest BCUT2D eigenvalue weighted by Gasteiger charge is 2.29. The molecule has 142 valence electrons. The molecular weight excluding hydrogens is 350 g/mol. The van der Waals surface area contributed by atoms with E-state index in [1.165, 1.54) is 0 Å². The molecule has 1 fully saturated rings. The fourth-order valence-corrected chi connectivity index (χ4v) is 3.19. The molecule has 1 aliphatic heterocycles. The first-order valence-electron chi connectivity index (χ1n) is 8.72. The topological polar surface area (TPSA) is 98.8 Å². The quantitative estimate of drug-likeness (QED) is 0.706. The zero-order valence-electron chi connectivity index (χ0n) is 15.1. The van der Waals surface area contributed by atoms with Gasteiger partial charge < -0.3 is 24.3 Å². The Labute approximate surface area is 155 Å². The van der Waals surface area contributed by atoms with Crippen molar-refractivity contribution in [1.82, 2.24) is 15.1 Å². The van der Waals surface area contributed by atoms with Crippen LogP contribution >= 0.6 is 0 Å². The Hall–Kier alpha value is -2.84. The number of amides is 1. The number of aliphatic hydroxyl groups excluding tert-OH is 1. The standard InChI is InChI=1S/C19H21N3O5/c1-11-18(19(24)21-15-9-25-10-16(15)23)14-7-13(3-4-17(14)27-11)26-8-12-5-6-20-22(12)2/h3-7,15-16,23H,8-10H2,1-2H3,(H,21,24)/t15?,16-/m0/s1. The van der Waals surface area contributed by atoms with Crippen LogP contribution in [0.25, 0.3) is 11.0 Å². The number of fused-ring (bicyclic) bond motifs is 1. The van der Waals surface area contributed by atoms with Gasteiger partial charge in [0.1, 0.15) is 23.7 Å². The van der Waals surface area contributed by atoms with Gasteiger partial charge >= 0.3 is 0 Å². The van der Waals surface area contributed by atoms with Crippen LogP contribution < -0.4 is 10.1 Å². The van der Waals surface area contributed by atoms with E-state index in [0.29, 0.717) is 41.3 Å². The third-order valence-corrected chi connectivity index (χ3v) is 4.74. The predicted molar refractivity (Wildman–Crippen MR) is 96.6 cm³/mol. The number of ether oxygens (including phenoxy) is 2. The summed E-state index contributed by atoms with van der Waals surface area (Å²) in [5.41, 5.74) is 1.98. The predicted octanol–water partition coefficient (Wildman–Crippen LogP) is 1.54. The summed E-state index contributed by atoms with van der Waals surface area (Å²) >= 11 is 0. The van der Waals surface area contributed by atoms with E-state index in [-0.39, 0.29) is 12.5 Å². The molecule has 0 bridgehead atoms. The molecule has 8 nitrogen and oxygen atoms in total. The summed E-state index contributed by atoms with van der Waals surface area (Å²) < 4.78 is 18.5. The van der Waals surface area contributed by atoms with Gasteiger partial charge in [0.25, 0.3) is 5.91 Å². The third kappa shape index (κ3) is 3.41. The lowest BCUT2D eigenvalue weighted by Crippen LogP contribution is -2.42. The van der Waals surface area contributed by atoms with Crippen LogP contribution in [-0.4, -0.2) is 46.2 Å². The molecule has 3 aromatic rings. The lowest BCUT2D eigenvalue weighted by molar-refractivity contribution is 0.0886. The molecule has 0 radical (unpaired) electrons. The molecule has 1 aromatic carbocycles. The highest BCUT2D eigenvalue weighted by molar-refractivity contribution is 6.07. The van der Waals surface area contributed by atoms with Crippen LogP contribution in [0.5, 0.6) is 5.75 Å². The Bertz CT molecular complexity index is 977. The highest BCUT2D eigenvalue weighted by atomic mass is 16.5. The van der Waals surface area contributed by atoms with Crippen LogP contribution in [0, 0.1) is 6.92 Å². The Morgan fingerprint density at radius 3 is 2.96 bits per heavy atom. The first-order valence-corrected chi connectivity index (χ1v) is 8.72. The minimum absolute atomic E-state index is 0.224. The molecule has 0 saturated carbocycles. The van der Waals surface area contributed by atoms with Crippen molar-refractivity contribution >= 4 is 16.9 Å². The van der Waals surface area contributed by atoms with Gasteiger partial charge in [-0.25, -0.2) is 0 Å². The van der Waals surface area contributed by atoms with Gasteiger partial charge in [-0.1, -0.05) is 0 Å². The molecule has 1 unspecified atom stereocenters. The maximum absolute atomic E-state index is 12.8. The molecule has 1 amide bonds. The number of aromatic nitrogens is 2. The van der Waals surface area contributed by atoms with Crippen LogP contribution in [0.4, 0.5) is 0 Å². The number of hydrogen-bond acceptors (Lipinski definition) is 6. The van der Waals surface area contributed by atoms with Crippen molar-refractivity contribution in [1.29, 1.82) is 0 Å². The summed E-state index contributed by atoms with van der Waals surface area (Å²) in [5, 5.41) is 17.5. The molecule has 0 aliphatic carbocycles. The molecule has 3 heterocycles. The molecule has 2 aromatic heterocycles. The second-order valence-electron chi connectivity index (χ2n) is 6.61. The van der Waals surface area contributed by atoms with Crippen LogP contribution in [0.1, 0.15) is 21.8 Å². The van der Waals surface area contributed by atoms with Crippen LogP contribution in [0.15, 0.2) is 34.9 Å². The Morgan fingerprint density at radius 1 is 1.41 bits per heavy atom. The molecule has 2 N–H and O–H groups in total. The molecule has 0 spiro atoms. The van der Waals surface area contributed by atoms with E-state index in [9.17, 15) is 9.90 Å². The van der Waals surface area contributed by atoms with E-state index in [4.69, 9.17) is 13.9 Å². The fraction of sp³-hybridized carbons (Fsp3) is 0.368. The molecule has 1 aliphatic rings. The Balaban J connectivity index is 1.57. The molecule has 27 heavy (non-hydrogen) atoms. The lowest BCUT2D eigenvalue weighted by atomic mass is 10.1. The number of nitrogens with one attached hydrogen (secondary N) is 1. The van der Waals surface area contributed by atoms with Gasteiger partial charge in [0, 0.05) is 18.6 Å². The summed E-state index contributed by atoms with van der Waals surface area (Å²) in [6.45, 7) is 2.63. The second-order valence-corrected chi connectivity index (χ2v) is 6.61. The summed E-state index contributed by atoms with van der Waals surface area (Å²) in [5.74, 6) is 0.840. The van der Waals surface area contributed by atoms with Crippen molar-refractivity contribution in [2.45, 2.75) is 25.7 Å². The number of aliphatic hydroxyl groups is 1. The van der Waals surface area contributed by atoms with Crippen molar-refractivity contribution in [2.75, 3.05) is 13.2 Å². The van der Waals surface area contributed by atoms with Crippen LogP contribution in [0.3, 0.4) is 0 Å². The number of nitrogens with zero attached hydrogens (tertiary/aromatic N) is 2. The van der Waals surface area contributed by atoms with Crippen LogP contribution in [-0.2, 0) is 18.4 Å². The average Bonchev–Trinajstić information content (AvgIpc) is 3.31. The van der Waals surface area contributed by atoms with Gasteiger partial charge in [-0.15, -0.1) is 0 Å². The maximum atomic E-state index is 12.8. The smallest absolute Gasteiger partial charge is 0.255 e. The van der Waals surface area contributed by atoms with Crippen molar-refractivity contribution in [2.24, 2.45) is 7.05 Å². The largest absolute Gasteiger partial charge is 0.487 e. The number of aryl methyl sites for hydroxylation is 2. The minimum Gasteiger partial charge on any atom is -0.487 e. The van der Waals surface area contributed by atoms with Crippen LogP contribution in [0.2, 0.25) is 0 Å². The van der Waals surface area contributed by atoms with Gasteiger partial charge in [-0.2, -0.15) is 5.10 Å². The van der Waals surface area contributed by atoms with Gasteiger partial charge in [0.05, 0.1) is 36.6 Å². The monoisotopic (exact) mass is 371 g/mol. The summed E-state index contributed by atoms with van der Waals surface area (Å²) in [7, 11) is 1.85. The van der Waals surface area contributed by atoms with Gasteiger partial charge in [-0.3, -0.25) is 9.48 Å².